The van der Waals surface area contributed by atoms with Gasteiger partial charge in [-0.1, -0.05) is 36.4 Å². The Labute approximate surface area is 243 Å². The lowest BCUT2D eigenvalue weighted by atomic mass is 9.43. The van der Waals surface area contributed by atoms with Gasteiger partial charge < -0.3 is 9.47 Å². The molecular weight excluding hydrogens is 512 g/mol. The van der Waals surface area contributed by atoms with Crippen LogP contribution in [0.3, 0.4) is 0 Å². The fourth-order valence-corrected chi connectivity index (χ4v) is 10.6. The van der Waals surface area contributed by atoms with Crippen molar-refractivity contribution >= 4 is 11.3 Å². The largest absolute Gasteiger partial charge is 0.493 e. The number of benzene rings is 2. The number of hydrogen-bond acceptors (Lipinski definition) is 5. The molecule has 4 fully saturated rings. The fraction of sp³-hybridized carbons (Fsp3) is 0.543. The number of hydrogen-bond donors (Lipinski definition) is 0. The quantitative estimate of drug-likeness (QED) is 0.288. The molecule has 40 heavy (non-hydrogen) atoms. The molecular formula is C35H42N2O2S. The lowest BCUT2D eigenvalue weighted by molar-refractivity contribution is -0.108. The second-order valence-corrected chi connectivity index (χ2v) is 14.2. The molecule has 0 amide bonds. The van der Waals surface area contributed by atoms with Crippen LogP contribution < -0.4 is 9.47 Å². The smallest absolute Gasteiger partial charge is 0.173 e. The summed E-state index contributed by atoms with van der Waals surface area (Å²) in [6, 6.07) is 19.0. The van der Waals surface area contributed by atoms with Crippen LogP contribution in [0.1, 0.15) is 61.6 Å². The molecule has 4 aliphatic carbocycles. The molecule has 0 N–H and O–H groups in total. The summed E-state index contributed by atoms with van der Waals surface area (Å²) in [5, 5.41) is 4.24. The van der Waals surface area contributed by atoms with Gasteiger partial charge in [-0.15, -0.1) is 11.3 Å². The number of nitrogens with zero attached hydrogens (tertiary/aromatic N) is 2. The zero-order valence-electron chi connectivity index (χ0n) is 24.0. The minimum Gasteiger partial charge on any atom is -0.493 e. The van der Waals surface area contributed by atoms with E-state index in [1.165, 1.54) is 74.7 Å². The van der Waals surface area contributed by atoms with Gasteiger partial charge in [0.1, 0.15) is 5.75 Å². The van der Waals surface area contributed by atoms with Crippen molar-refractivity contribution in [3.63, 3.8) is 0 Å². The Bertz CT molecular complexity index is 1370. The first-order valence-electron chi connectivity index (χ1n) is 15.5. The number of likely N-dealkylation sites (tertiary alicyclic amines) is 1. The van der Waals surface area contributed by atoms with Gasteiger partial charge in [0.15, 0.2) is 11.5 Å². The third-order valence-corrected chi connectivity index (χ3v) is 12.3. The second-order valence-electron chi connectivity index (χ2n) is 13.4. The number of ether oxygens (including phenoxy) is 2. The standard InChI is InChI=1S/C35H42N2O2S/c1-36(21-24-6-4-3-5-7-24)29-13-16-34-15-12-28(29)35(34)17-18-37(22-25-8-9-25)31(34)20-26-10-11-30(38-2)33(32(26)35)39-27-14-19-40-23-27/h3-7,10-11,14,19,23,25,28-29,31H,8-9,12-13,15-18,20-22H2,1-2H3. The van der Waals surface area contributed by atoms with Crippen molar-refractivity contribution in [1.82, 2.24) is 9.80 Å². The molecule has 5 aliphatic rings. The highest BCUT2D eigenvalue weighted by Crippen LogP contribution is 2.74. The van der Waals surface area contributed by atoms with Gasteiger partial charge >= 0.3 is 0 Å². The van der Waals surface area contributed by atoms with E-state index in [-0.39, 0.29) is 5.41 Å². The fourth-order valence-electron chi connectivity index (χ4n) is 10.0. The van der Waals surface area contributed by atoms with Crippen molar-refractivity contribution in [3.8, 4) is 17.2 Å². The van der Waals surface area contributed by atoms with Crippen LogP contribution in [-0.2, 0) is 18.4 Å². The van der Waals surface area contributed by atoms with Gasteiger partial charge in [-0.05, 0) is 111 Å². The molecule has 3 saturated carbocycles. The van der Waals surface area contributed by atoms with Gasteiger partial charge in [-0.3, -0.25) is 9.80 Å². The molecule has 1 aliphatic heterocycles. The molecule has 1 saturated heterocycles. The lowest BCUT2D eigenvalue weighted by Gasteiger charge is -2.67. The Morgan fingerprint density at radius 2 is 1.85 bits per heavy atom. The highest BCUT2D eigenvalue weighted by atomic mass is 32.1. The Morgan fingerprint density at radius 3 is 2.62 bits per heavy atom. The summed E-state index contributed by atoms with van der Waals surface area (Å²) < 4.78 is 12.9. The van der Waals surface area contributed by atoms with Crippen molar-refractivity contribution in [1.29, 1.82) is 0 Å². The van der Waals surface area contributed by atoms with Crippen LogP contribution in [0.25, 0.3) is 0 Å². The van der Waals surface area contributed by atoms with E-state index >= 15 is 0 Å². The zero-order valence-corrected chi connectivity index (χ0v) is 24.8. The predicted octanol–water partition coefficient (Wildman–Crippen LogP) is 7.52. The van der Waals surface area contributed by atoms with E-state index in [4.69, 9.17) is 9.47 Å². The van der Waals surface area contributed by atoms with Gasteiger partial charge in [0.05, 0.1) is 7.11 Å². The Balaban J connectivity index is 1.27. The number of piperidine rings is 1. The highest BCUT2D eigenvalue weighted by molar-refractivity contribution is 7.08. The molecule has 8 rings (SSSR count). The van der Waals surface area contributed by atoms with E-state index in [9.17, 15) is 0 Å². The van der Waals surface area contributed by atoms with E-state index < -0.39 is 0 Å². The van der Waals surface area contributed by atoms with Crippen LogP contribution in [0.5, 0.6) is 17.2 Å². The van der Waals surface area contributed by atoms with Crippen LogP contribution in [0, 0.1) is 17.3 Å². The SMILES string of the molecule is COc1ccc2c(c1Oc1ccsc1)C13CCN(CC4CC4)C(C2)C12CCC(N(C)Cc1ccccc1)C3CC2. The molecule has 4 bridgehead atoms. The molecule has 5 atom stereocenters. The molecule has 210 valence electrons. The summed E-state index contributed by atoms with van der Waals surface area (Å²) in [5.41, 5.74) is 4.92. The summed E-state index contributed by atoms with van der Waals surface area (Å²) in [5.74, 6) is 4.42. The molecule has 3 aromatic rings. The van der Waals surface area contributed by atoms with Crippen molar-refractivity contribution in [2.45, 2.75) is 75.4 Å². The van der Waals surface area contributed by atoms with E-state index in [0.717, 1.165) is 36.1 Å². The molecule has 2 aromatic carbocycles. The minimum absolute atomic E-state index is 0.138. The van der Waals surface area contributed by atoms with Gasteiger partial charge in [0, 0.05) is 41.5 Å². The van der Waals surface area contributed by atoms with E-state index in [2.05, 4.69) is 76.1 Å². The molecule has 0 radical (unpaired) electrons. The summed E-state index contributed by atoms with van der Waals surface area (Å²) in [4.78, 5) is 5.66. The van der Waals surface area contributed by atoms with E-state index in [0.29, 0.717) is 23.4 Å². The topological polar surface area (TPSA) is 24.9 Å². The van der Waals surface area contributed by atoms with Crippen LogP contribution in [0.2, 0.25) is 0 Å². The Morgan fingerprint density at radius 1 is 1.00 bits per heavy atom. The van der Waals surface area contributed by atoms with E-state index in [1.54, 1.807) is 11.3 Å². The molecule has 4 nitrogen and oxygen atoms in total. The number of methoxy groups -OCH3 is 1. The molecule has 2 heterocycles. The summed E-state index contributed by atoms with van der Waals surface area (Å²) in [7, 11) is 4.20. The minimum atomic E-state index is 0.138. The molecule has 5 unspecified atom stereocenters. The molecule has 0 spiro atoms. The molecule has 5 heteroatoms. The first-order valence-corrected chi connectivity index (χ1v) is 16.5. The van der Waals surface area contributed by atoms with Crippen molar-refractivity contribution < 1.29 is 9.47 Å². The number of rotatable bonds is 8. The average Bonchev–Trinajstić information content (AvgIpc) is 3.58. The van der Waals surface area contributed by atoms with Crippen LogP contribution in [-0.4, -0.2) is 49.1 Å². The maximum absolute atomic E-state index is 6.85. The van der Waals surface area contributed by atoms with Crippen LogP contribution >= 0.6 is 11.3 Å². The number of fused-ring (bicyclic) bond motifs is 1. The summed E-state index contributed by atoms with van der Waals surface area (Å²) >= 11 is 1.70. The van der Waals surface area contributed by atoms with Crippen molar-refractivity contribution in [2.75, 3.05) is 27.2 Å². The highest BCUT2D eigenvalue weighted by Gasteiger charge is 2.72. The monoisotopic (exact) mass is 554 g/mol. The summed E-state index contributed by atoms with van der Waals surface area (Å²) in [6.45, 7) is 3.56. The van der Waals surface area contributed by atoms with Gasteiger partial charge in [-0.25, -0.2) is 0 Å². The van der Waals surface area contributed by atoms with Crippen molar-refractivity contribution in [3.05, 3.63) is 76.0 Å². The van der Waals surface area contributed by atoms with Gasteiger partial charge in [0.25, 0.3) is 0 Å². The second kappa shape index (κ2) is 9.61. The maximum Gasteiger partial charge on any atom is 0.173 e. The average molecular weight is 555 g/mol. The Kier molecular flexibility index (Phi) is 6.09. The van der Waals surface area contributed by atoms with Gasteiger partial charge in [-0.2, -0.15) is 0 Å². The Hall–Kier alpha value is -2.34. The van der Waals surface area contributed by atoms with Gasteiger partial charge in [0.2, 0.25) is 0 Å². The first kappa shape index (κ1) is 25.4. The summed E-state index contributed by atoms with van der Waals surface area (Å²) in [6.07, 6.45) is 10.6. The lowest BCUT2D eigenvalue weighted by Crippen LogP contribution is -2.70. The number of thiophene rings is 1. The predicted molar refractivity (Wildman–Crippen MR) is 162 cm³/mol. The third kappa shape index (κ3) is 3.70. The first-order chi connectivity index (χ1) is 19.6. The molecule has 1 aromatic heterocycles. The van der Waals surface area contributed by atoms with Crippen LogP contribution in [0.15, 0.2) is 59.3 Å². The van der Waals surface area contributed by atoms with Crippen molar-refractivity contribution in [2.24, 2.45) is 17.3 Å². The maximum atomic E-state index is 6.85. The zero-order chi connectivity index (χ0) is 26.9. The van der Waals surface area contributed by atoms with E-state index in [1.807, 2.05) is 7.11 Å². The van der Waals surface area contributed by atoms with Crippen LogP contribution in [0.4, 0.5) is 0 Å². The normalized spacial score (nSPS) is 32.5. The third-order valence-electron chi connectivity index (χ3n) is 11.7.